The first-order chi connectivity index (χ1) is 9.97. The lowest BCUT2D eigenvalue weighted by Crippen LogP contribution is -2.18. The molecule has 0 saturated carbocycles. The van der Waals surface area contributed by atoms with E-state index in [4.69, 9.17) is 0 Å². The molecular weight excluding hydrogens is 256 g/mol. The van der Waals surface area contributed by atoms with Crippen LogP contribution >= 0.6 is 0 Å². The summed E-state index contributed by atoms with van der Waals surface area (Å²) >= 11 is 0. The maximum Gasteiger partial charge on any atom is 0.0361 e. The molecule has 0 amide bonds. The van der Waals surface area contributed by atoms with Crippen LogP contribution in [0.4, 0.5) is 5.69 Å². The average Bonchev–Trinajstić information content (AvgIpc) is 2.48. The Kier molecular flexibility index (Phi) is 5.03. The Labute approximate surface area is 128 Å². The lowest BCUT2D eigenvalue weighted by atomic mass is 10.0. The lowest BCUT2D eigenvalue weighted by molar-refractivity contribution is 0.574. The van der Waals surface area contributed by atoms with Gasteiger partial charge in [0.2, 0.25) is 0 Å². The van der Waals surface area contributed by atoms with Crippen molar-refractivity contribution in [3.8, 4) is 0 Å². The van der Waals surface area contributed by atoms with Gasteiger partial charge in [-0.1, -0.05) is 30.3 Å². The summed E-state index contributed by atoms with van der Waals surface area (Å²) in [7, 11) is 4.13. The molecule has 0 saturated heterocycles. The molecule has 1 unspecified atom stereocenters. The molecule has 0 fully saturated rings. The van der Waals surface area contributed by atoms with Crippen molar-refractivity contribution in [2.75, 3.05) is 19.0 Å². The molecule has 0 aliphatic rings. The van der Waals surface area contributed by atoms with Gasteiger partial charge in [0.1, 0.15) is 0 Å². The highest BCUT2D eigenvalue weighted by atomic mass is 15.1. The molecule has 2 heteroatoms. The van der Waals surface area contributed by atoms with Gasteiger partial charge in [-0.05, 0) is 55.2 Å². The number of nitrogens with zero attached hydrogens (tertiary/aromatic N) is 1. The summed E-state index contributed by atoms with van der Waals surface area (Å²) in [5, 5.41) is 3.60. The Bertz CT molecular complexity index is 585. The van der Waals surface area contributed by atoms with Crippen LogP contribution < -0.4 is 10.2 Å². The topological polar surface area (TPSA) is 15.3 Å². The number of rotatable bonds is 5. The molecule has 1 atom stereocenters. The first-order valence-corrected chi connectivity index (χ1v) is 7.54. The molecule has 2 rings (SSSR count). The van der Waals surface area contributed by atoms with Crippen LogP contribution in [0.15, 0.2) is 42.5 Å². The normalized spacial score (nSPS) is 12.2. The number of nitrogens with one attached hydrogen (secondary N) is 1. The second-order valence-corrected chi connectivity index (χ2v) is 6.01. The van der Waals surface area contributed by atoms with Crippen LogP contribution in [0.25, 0.3) is 0 Å². The fourth-order valence-electron chi connectivity index (χ4n) is 2.33. The Morgan fingerprint density at radius 2 is 1.62 bits per heavy atom. The minimum Gasteiger partial charge on any atom is -0.378 e. The minimum absolute atomic E-state index is 0.359. The predicted octanol–water partition coefficient (Wildman–Crippen LogP) is 4.22. The van der Waals surface area contributed by atoms with Gasteiger partial charge in [-0.25, -0.2) is 0 Å². The fourth-order valence-corrected chi connectivity index (χ4v) is 2.33. The maximum absolute atomic E-state index is 3.60. The molecular formula is C19H26N2. The van der Waals surface area contributed by atoms with E-state index in [0.29, 0.717) is 6.04 Å². The van der Waals surface area contributed by atoms with Gasteiger partial charge in [0.25, 0.3) is 0 Å². The SMILES string of the molecule is Cc1ccc(C(C)NCc2ccc(N(C)C)cc2)cc1C. The standard InChI is InChI=1S/C19H26N2/c1-14-6-9-18(12-15(14)2)16(3)20-13-17-7-10-19(11-8-17)21(4)5/h6-12,16,20H,13H2,1-5H3. The van der Waals surface area contributed by atoms with Crippen molar-refractivity contribution in [1.82, 2.24) is 5.32 Å². The van der Waals surface area contributed by atoms with E-state index in [1.54, 1.807) is 0 Å². The Morgan fingerprint density at radius 3 is 2.19 bits per heavy atom. The molecule has 112 valence electrons. The molecule has 2 nitrogen and oxygen atoms in total. The molecule has 0 radical (unpaired) electrons. The van der Waals surface area contributed by atoms with Crippen molar-refractivity contribution in [3.05, 3.63) is 64.7 Å². The number of aryl methyl sites for hydroxylation is 2. The second kappa shape index (κ2) is 6.77. The number of anilines is 1. The van der Waals surface area contributed by atoms with E-state index in [1.807, 2.05) is 0 Å². The van der Waals surface area contributed by atoms with Crippen LogP contribution in [0, 0.1) is 13.8 Å². The Hall–Kier alpha value is -1.80. The van der Waals surface area contributed by atoms with E-state index in [0.717, 1.165) is 6.54 Å². The minimum atomic E-state index is 0.359. The summed E-state index contributed by atoms with van der Waals surface area (Å²) in [6, 6.07) is 15.8. The van der Waals surface area contributed by atoms with Gasteiger partial charge in [-0.3, -0.25) is 0 Å². The third kappa shape index (κ3) is 4.08. The Balaban J connectivity index is 1.97. The zero-order valence-corrected chi connectivity index (χ0v) is 13.8. The number of benzene rings is 2. The molecule has 1 N–H and O–H groups in total. The molecule has 0 bridgehead atoms. The summed E-state index contributed by atoms with van der Waals surface area (Å²) < 4.78 is 0. The van der Waals surface area contributed by atoms with Crippen LogP contribution in [0.5, 0.6) is 0 Å². The fraction of sp³-hybridized carbons (Fsp3) is 0.368. The van der Waals surface area contributed by atoms with Crippen molar-refractivity contribution in [2.24, 2.45) is 0 Å². The number of hydrogen-bond donors (Lipinski definition) is 1. The second-order valence-electron chi connectivity index (χ2n) is 6.01. The Morgan fingerprint density at radius 1 is 0.952 bits per heavy atom. The third-order valence-electron chi connectivity index (χ3n) is 4.10. The molecule has 2 aromatic carbocycles. The quantitative estimate of drug-likeness (QED) is 0.883. The average molecular weight is 282 g/mol. The lowest BCUT2D eigenvalue weighted by Gasteiger charge is -2.17. The van der Waals surface area contributed by atoms with Crippen molar-refractivity contribution < 1.29 is 0 Å². The van der Waals surface area contributed by atoms with Crippen molar-refractivity contribution in [2.45, 2.75) is 33.4 Å². The molecule has 0 spiro atoms. The van der Waals surface area contributed by atoms with Crippen molar-refractivity contribution >= 4 is 5.69 Å². The zero-order chi connectivity index (χ0) is 15.4. The zero-order valence-electron chi connectivity index (χ0n) is 13.8. The van der Waals surface area contributed by atoms with Gasteiger partial charge in [-0.2, -0.15) is 0 Å². The highest BCUT2D eigenvalue weighted by Gasteiger charge is 2.06. The molecule has 0 heterocycles. The van der Waals surface area contributed by atoms with E-state index in [9.17, 15) is 0 Å². The van der Waals surface area contributed by atoms with Crippen molar-refractivity contribution in [3.63, 3.8) is 0 Å². The molecule has 2 aromatic rings. The summed E-state index contributed by atoms with van der Waals surface area (Å²) in [5.74, 6) is 0. The maximum atomic E-state index is 3.60. The van der Waals surface area contributed by atoms with E-state index >= 15 is 0 Å². The third-order valence-corrected chi connectivity index (χ3v) is 4.10. The first-order valence-electron chi connectivity index (χ1n) is 7.54. The van der Waals surface area contributed by atoms with Crippen LogP contribution in [0.1, 0.15) is 35.2 Å². The van der Waals surface area contributed by atoms with E-state index in [2.05, 4.69) is 87.5 Å². The molecule has 0 aromatic heterocycles. The van der Waals surface area contributed by atoms with Gasteiger partial charge in [-0.15, -0.1) is 0 Å². The largest absolute Gasteiger partial charge is 0.378 e. The summed E-state index contributed by atoms with van der Waals surface area (Å²) in [4.78, 5) is 2.12. The van der Waals surface area contributed by atoms with Crippen LogP contribution in [-0.4, -0.2) is 14.1 Å². The summed E-state index contributed by atoms with van der Waals surface area (Å²) in [6.07, 6.45) is 0. The predicted molar refractivity (Wildman–Crippen MR) is 91.9 cm³/mol. The first kappa shape index (κ1) is 15.6. The van der Waals surface area contributed by atoms with E-state index in [-0.39, 0.29) is 0 Å². The molecule has 0 aliphatic carbocycles. The monoisotopic (exact) mass is 282 g/mol. The van der Waals surface area contributed by atoms with Crippen LogP contribution in [-0.2, 0) is 6.54 Å². The van der Waals surface area contributed by atoms with E-state index < -0.39 is 0 Å². The van der Waals surface area contributed by atoms with Crippen molar-refractivity contribution in [1.29, 1.82) is 0 Å². The number of hydrogen-bond acceptors (Lipinski definition) is 2. The highest BCUT2D eigenvalue weighted by Crippen LogP contribution is 2.18. The molecule has 0 aliphatic heterocycles. The van der Waals surface area contributed by atoms with Crippen LogP contribution in [0.2, 0.25) is 0 Å². The van der Waals surface area contributed by atoms with Gasteiger partial charge in [0.15, 0.2) is 0 Å². The van der Waals surface area contributed by atoms with Gasteiger partial charge >= 0.3 is 0 Å². The smallest absolute Gasteiger partial charge is 0.0361 e. The van der Waals surface area contributed by atoms with Gasteiger partial charge in [0, 0.05) is 32.4 Å². The summed E-state index contributed by atoms with van der Waals surface area (Å²) in [6.45, 7) is 7.44. The van der Waals surface area contributed by atoms with Gasteiger partial charge < -0.3 is 10.2 Å². The van der Waals surface area contributed by atoms with E-state index in [1.165, 1.54) is 27.9 Å². The summed E-state index contributed by atoms with van der Waals surface area (Å²) in [5.41, 5.74) is 6.61. The van der Waals surface area contributed by atoms with Crippen LogP contribution in [0.3, 0.4) is 0 Å². The van der Waals surface area contributed by atoms with Gasteiger partial charge in [0.05, 0.1) is 0 Å². The highest BCUT2D eigenvalue weighted by molar-refractivity contribution is 5.46. The molecule has 21 heavy (non-hydrogen) atoms.